The van der Waals surface area contributed by atoms with Crippen molar-refractivity contribution in [3.8, 4) is 0 Å². The van der Waals surface area contributed by atoms with Crippen LogP contribution in [0.3, 0.4) is 0 Å². The fraction of sp³-hybridized carbons (Fsp3) is 0.778. The van der Waals surface area contributed by atoms with Crippen LogP contribution in [0.4, 0.5) is 0 Å². The Balaban J connectivity index is 2.63. The lowest BCUT2D eigenvalue weighted by molar-refractivity contribution is -0.161. The lowest BCUT2D eigenvalue weighted by atomic mass is 10.0. The number of carbonyl (C=O) groups excluding carboxylic acids is 2. The van der Waals surface area contributed by atoms with Crippen LogP contribution in [-0.4, -0.2) is 30.1 Å². The van der Waals surface area contributed by atoms with E-state index in [1.165, 1.54) is 0 Å². The van der Waals surface area contributed by atoms with E-state index in [4.69, 9.17) is 9.47 Å². The Kier molecular flexibility index (Phi) is 2.71. The van der Waals surface area contributed by atoms with E-state index in [0.29, 0.717) is 0 Å². The second kappa shape index (κ2) is 3.46. The van der Waals surface area contributed by atoms with Crippen molar-refractivity contribution < 1.29 is 19.1 Å². The second-order valence-electron chi connectivity index (χ2n) is 3.65. The maximum absolute atomic E-state index is 11.3. The van der Waals surface area contributed by atoms with Gasteiger partial charge in [0.05, 0.1) is 12.2 Å². The average molecular weight is 186 g/mol. The number of esters is 1. The largest absolute Gasteiger partial charge is 0.464 e. The fourth-order valence-electron chi connectivity index (χ4n) is 1.34. The molecule has 0 saturated carbocycles. The van der Waals surface area contributed by atoms with Gasteiger partial charge in [-0.1, -0.05) is 0 Å². The zero-order valence-electron chi connectivity index (χ0n) is 8.12. The van der Waals surface area contributed by atoms with Crippen molar-refractivity contribution in [1.29, 1.82) is 0 Å². The van der Waals surface area contributed by atoms with Crippen molar-refractivity contribution in [1.82, 2.24) is 0 Å². The molecule has 1 rings (SSSR count). The molecule has 1 fully saturated rings. The molecule has 13 heavy (non-hydrogen) atoms. The number of Topliss-reactive ketones (excluding diaryl/α,β-unsaturated/α-hetero) is 1. The first-order valence-corrected chi connectivity index (χ1v) is 4.33. The first kappa shape index (κ1) is 10.2. The summed E-state index contributed by atoms with van der Waals surface area (Å²) in [5.41, 5.74) is -0.533. The zero-order chi connectivity index (χ0) is 10.1. The molecule has 1 atom stereocenters. The van der Waals surface area contributed by atoms with Crippen LogP contribution in [0.1, 0.15) is 27.2 Å². The third-order valence-electron chi connectivity index (χ3n) is 1.83. The van der Waals surface area contributed by atoms with E-state index in [2.05, 4.69) is 0 Å². The molecule has 0 bridgehead atoms. The molecule has 1 aliphatic heterocycles. The minimum Gasteiger partial charge on any atom is -0.464 e. The van der Waals surface area contributed by atoms with Crippen LogP contribution in [0.15, 0.2) is 0 Å². The highest BCUT2D eigenvalue weighted by Crippen LogP contribution is 2.27. The summed E-state index contributed by atoms with van der Waals surface area (Å²) in [5, 5.41) is 0. The lowest BCUT2D eigenvalue weighted by Crippen LogP contribution is -2.30. The number of hydrogen-bond donors (Lipinski definition) is 0. The highest BCUT2D eigenvalue weighted by atomic mass is 16.6. The van der Waals surface area contributed by atoms with Gasteiger partial charge in [0.15, 0.2) is 5.78 Å². The van der Waals surface area contributed by atoms with E-state index in [1.807, 2.05) is 0 Å². The van der Waals surface area contributed by atoms with E-state index < -0.39 is 17.7 Å². The SMILES string of the molecule is CCOC(=O)C1OC(C)(C)CC1=O. The normalized spacial score (nSPS) is 26.1. The van der Waals surface area contributed by atoms with Crippen LogP contribution < -0.4 is 0 Å². The molecule has 1 aliphatic rings. The van der Waals surface area contributed by atoms with Crippen molar-refractivity contribution in [3.63, 3.8) is 0 Å². The molecule has 0 N–H and O–H groups in total. The van der Waals surface area contributed by atoms with Gasteiger partial charge in [0.25, 0.3) is 0 Å². The summed E-state index contributed by atoms with van der Waals surface area (Å²) < 4.78 is 9.96. The summed E-state index contributed by atoms with van der Waals surface area (Å²) in [6.07, 6.45) is -0.730. The molecule has 0 amide bonds. The third kappa shape index (κ3) is 2.28. The van der Waals surface area contributed by atoms with Gasteiger partial charge in [-0.15, -0.1) is 0 Å². The molecule has 1 unspecified atom stereocenters. The molecule has 4 heteroatoms. The summed E-state index contributed by atoms with van der Waals surface area (Å²) in [6, 6.07) is 0. The minimum atomic E-state index is -1.00. The summed E-state index contributed by atoms with van der Waals surface area (Å²) in [5.74, 6) is -0.762. The number of carbonyl (C=O) groups is 2. The van der Waals surface area contributed by atoms with Gasteiger partial charge in [-0.3, -0.25) is 4.79 Å². The Labute approximate surface area is 77.2 Å². The summed E-state index contributed by atoms with van der Waals surface area (Å²) in [4.78, 5) is 22.5. The van der Waals surface area contributed by atoms with E-state index >= 15 is 0 Å². The van der Waals surface area contributed by atoms with E-state index in [-0.39, 0.29) is 18.8 Å². The topological polar surface area (TPSA) is 52.6 Å². The Bertz CT molecular complexity index is 232. The van der Waals surface area contributed by atoms with Crippen LogP contribution in [-0.2, 0) is 19.1 Å². The van der Waals surface area contributed by atoms with Crippen LogP contribution in [0.25, 0.3) is 0 Å². The van der Waals surface area contributed by atoms with E-state index in [0.717, 1.165) is 0 Å². The molecule has 74 valence electrons. The quantitative estimate of drug-likeness (QED) is 0.470. The van der Waals surface area contributed by atoms with Crippen molar-refractivity contribution in [2.45, 2.75) is 38.9 Å². The zero-order valence-corrected chi connectivity index (χ0v) is 8.12. The van der Waals surface area contributed by atoms with E-state index in [9.17, 15) is 9.59 Å². The molecular formula is C9H14O4. The van der Waals surface area contributed by atoms with Gasteiger partial charge in [-0.05, 0) is 20.8 Å². The Morgan fingerprint density at radius 3 is 2.69 bits per heavy atom. The number of rotatable bonds is 2. The molecule has 0 radical (unpaired) electrons. The monoisotopic (exact) mass is 186 g/mol. The Morgan fingerprint density at radius 2 is 2.31 bits per heavy atom. The second-order valence-corrected chi connectivity index (χ2v) is 3.65. The van der Waals surface area contributed by atoms with Gasteiger partial charge in [0, 0.05) is 6.42 Å². The molecule has 0 aromatic carbocycles. The smallest absolute Gasteiger partial charge is 0.343 e. The van der Waals surface area contributed by atoms with Crippen LogP contribution in [0, 0.1) is 0 Å². The number of ketones is 1. The minimum absolute atomic E-state index is 0.191. The van der Waals surface area contributed by atoms with Crippen molar-refractivity contribution in [3.05, 3.63) is 0 Å². The standard InChI is InChI=1S/C9H14O4/c1-4-12-8(11)7-6(10)5-9(2,3)13-7/h7H,4-5H2,1-3H3. The molecular weight excluding hydrogens is 172 g/mol. The Hall–Kier alpha value is -0.900. The molecule has 0 aliphatic carbocycles. The highest BCUT2D eigenvalue weighted by molar-refractivity contribution is 6.03. The van der Waals surface area contributed by atoms with Crippen LogP contribution >= 0.6 is 0 Å². The van der Waals surface area contributed by atoms with Gasteiger partial charge in [0.1, 0.15) is 0 Å². The maximum Gasteiger partial charge on any atom is 0.343 e. The predicted octanol–water partition coefficient (Wildman–Crippen LogP) is 0.686. The molecule has 0 aromatic heterocycles. The maximum atomic E-state index is 11.3. The lowest BCUT2D eigenvalue weighted by Gasteiger charge is -2.16. The summed E-state index contributed by atoms with van der Waals surface area (Å²) >= 11 is 0. The summed E-state index contributed by atoms with van der Waals surface area (Å²) in [7, 11) is 0. The van der Waals surface area contributed by atoms with Crippen molar-refractivity contribution in [2.24, 2.45) is 0 Å². The van der Waals surface area contributed by atoms with Gasteiger partial charge in [-0.2, -0.15) is 0 Å². The first-order chi connectivity index (χ1) is 5.96. The highest BCUT2D eigenvalue weighted by Gasteiger charge is 2.43. The van der Waals surface area contributed by atoms with Gasteiger partial charge in [-0.25, -0.2) is 4.79 Å². The molecule has 0 spiro atoms. The van der Waals surface area contributed by atoms with E-state index in [1.54, 1.807) is 20.8 Å². The molecule has 4 nitrogen and oxygen atoms in total. The third-order valence-corrected chi connectivity index (χ3v) is 1.83. The van der Waals surface area contributed by atoms with Crippen molar-refractivity contribution >= 4 is 11.8 Å². The molecule has 0 aromatic rings. The summed E-state index contributed by atoms with van der Waals surface area (Å²) in [6.45, 7) is 5.53. The van der Waals surface area contributed by atoms with Crippen LogP contribution in [0.2, 0.25) is 0 Å². The number of hydrogen-bond acceptors (Lipinski definition) is 4. The number of ether oxygens (including phenoxy) is 2. The van der Waals surface area contributed by atoms with Gasteiger partial charge >= 0.3 is 5.97 Å². The fourth-order valence-corrected chi connectivity index (χ4v) is 1.34. The molecule has 1 saturated heterocycles. The van der Waals surface area contributed by atoms with Gasteiger partial charge in [0.2, 0.25) is 6.10 Å². The van der Waals surface area contributed by atoms with Crippen LogP contribution in [0.5, 0.6) is 0 Å². The average Bonchev–Trinajstić information content (AvgIpc) is 2.25. The first-order valence-electron chi connectivity index (χ1n) is 4.33. The van der Waals surface area contributed by atoms with Gasteiger partial charge < -0.3 is 9.47 Å². The Morgan fingerprint density at radius 1 is 1.69 bits per heavy atom. The predicted molar refractivity (Wildman–Crippen MR) is 45.2 cm³/mol. The molecule has 1 heterocycles. The van der Waals surface area contributed by atoms with Crippen molar-refractivity contribution in [2.75, 3.05) is 6.61 Å².